The summed E-state index contributed by atoms with van der Waals surface area (Å²) in [6.07, 6.45) is 1.98. The molecule has 0 aliphatic heterocycles. The van der Waals surface area contributed by atoms with Gasteiger partial charge < -0.3 is 15.2 Å². The van der Waals surface area contributed by atoms with Crippen molar-refractivity contribution < 1.29 is 9.32 Å². The van der Waals surface area contributed by atoms with E-state index in [4.69, 9.17) is 16.1 Å². The molecule has 0 aliphatic rings. The average molecular weight is 323 g/mol. The first kappa shape index (κ1) is 16.3. The second kappa shape index (κ2) is 7.79. The Balaban J connectivity index is 1.97. The second-order valence-corrected chi connectivity index (χ2v) is 5.38. The molecular weight excluding hydrogens is 304 g/mol. The quantitative estimate of drug-likeness (QED) is 0.797. The number of hydrogen-bond donors (Lipinski definition) is 2. The van der Waals surface area contributed by atoms with Crippen LogP contribution in [0, 0.1) is 0 Å². The number of unbranched alkanes of at least 4 members (excludes halogenated alkanes) is 1. The van der Waals surface area contributed by atoms with Gasteiger partial charge in [0.1, 0.15) is 6.04 Å². The molecule has 1 unspecified atom stereocenters. The van der Waals surface area contributed by atoms with E-state index in [1.165, 1.54) is 0 Å². The Morgan fingerprint density at radius 2 is 2.27 bits per heavy atom. The minimum atomic E-state index is -0.373. The molecule has 1 aromatic carbocycles. The number of urea groups is 1. The van der Waals surface area contributed by atoms with E-state index in [1.54, 1.807) is 19.1 Å². The molecule has 0 bridgehead atoms. The lowest BCUT2D eigenvalue weighted by Gasteiger charge is -2.10. The van der Waals surface area contributed by atoms with Crippen LogP contribution in [0.3, 0.4) is 0 Å². The third kappa shape index (κ3) is 4.46. The van der Waals surface area contributed by atoms with Gasteiger partial charge in [-0.2, -0.15) is 4.98 Å². The minimum absolute atomic E-state index is 0.247. The van der Waals surface area contributed by atoms with Crippen molar-refractivity contribution in [3.05, 3.63) is 35.2 Å². The van der Waals surface area contributed by atoms with Gasteiger partial charge in [-0.3, -0.25) is 0 Å². The van der Waals surface area contributed by atoms with Gasteiger partial charge in [-0.15, -0.1) is 0 Å². The molecule has 0 saturated carbocycles. The highest BCUT2D eigenvalue weighted by atomic mass is 35.5. The first-order valence-corrected chi connectivity index (χ1v) is 7.62. The smallest absolute Gasteiger partial charge is 0.315 e. The first-order chi connectivity index (χ1) is 10.6. The number of aromatic nitrogens is 2. The summed E-state index contributed by atoms with van der Waals surface area (Å²) < 4.78 is 5.20. The van der Waals surface area contributed by atoms with Gasteiger partial charge in [0.25, 0.3) is 0 Å². The Kier molecular flexibility index (Phi) is 5.77. The van der Waals surface area contributed by atoms with Crippen LogP contribution in [0.1, 0.15) is 38.6 Å². The topological polar surface area (TPSA) is 80.0 Å². The van der Waals surface area contributed by atoms with Crippen molar-refractivity contribution in [3.63, 3.8) is 0 Å². The number of benzene rings is 1. The number of carbonyl (C=O) groups excluding carboxylic acids is 1. The molecule has 118 valence electrons. The highest BCUT2D eigenvalue weighted by Gasteiger charge is 2.17. The van der Waals surface area contributed by atoms with Crippen molar-refractivity contribution in [2.45, 2.75) is 32.7 Å². The van der Waals surface area contributed by atoms with Crippen LogP contribution in [-0.4, -0.2) is 22.7 Å². The maximum Gasteiger partial charge on any atom is 0.315 e. The van der Waals surface area contributed by atoms with Crippen molar-refractivity contribution in [2.24, 2.45) is 0 Å². The van der Waals surface area contributed by atoms with E-state index in [0.29, 0.717) is 23.3 Å². The fourth-order valence-electron chi connectivity index (χ4n) is 1.84. The van der Waals surface area contributed by atoms with Crippen molar-refractivity contribution in [1.29, 1.82) is 0 Å². The maximum absolute atomic E-state index is 11.7. The van der Waals surface area contributed by atoms with E-state index in [0.717, 1.165) is 18.4 Å². The number of amides is 2. The molecule has 1 atom stereocenters. The molecule has 6 nitrogen and oxygen atoms in total. The molecule has 1 heterocycles. The molecule has 2 amide bonds. The van der Waals surface area contributed by atoms with Crippen LogP contribution in [0.5, 0.6) is 0 Å². The summed E-state index contributed by atoms with van der Waals surface area (Å²) in [7, 11) is 0. The van der Waals surface area contributed by atoms with Gasteiger partial charge in [-0.25, -0.2) is 4.79 Å². The van der Waals surface area contributed by atoms with Gasteiger partial charge in [-0.05, 0) is 25.5 Å². The number of hydrogen-bond acceptors (Lipinski definition) is 4. The maximum atomic E-state index is 11.7. The van der Waals surface area contributed by atoms with E-state index >= 15 is 0 Å². The zero-order chi connectivity index (χ0) is 15.9. The Bertz CT molecular complexity index is 630. The lowest BCUT2D eigenvalue weighted by molar-refractivity contribution is 0.234. The van der Waals surface area contributed by atoms with E-state index < -0.39 is 0 Å². The second-order valence-electron chi connectivity index (χ2n) is 4.94. The summed E-state index contributed by atoms with van der Waals surface area (Å²) >= 11 is 5.94. The number of nitrogens with zero attached hydrogens (tertiary/aromatic N) is 2. The van der Waals surface area contributed by atoms with Gasteiger partial charge in [0.15, 0.2) is 0 Å². The Labute approximate surface area is 134 Å². The number of nitrogens with one attached hydrogen (secondary N) is 2. The van der Waals surface area contributed by atoms with E-state index in [9.17, 15) is 4.79 Å². The minimum Gasteiger partial charge on any atom is -0.338 e. The Morgan fingerprint density at radius 1 is 1.45 bits per heavy atom. The van der Waals surface area contributed by atoms with Crippen LogP contribution >= 0.6 is 11.6 Å². The predicted molar refractivity (Wildman–Crippen MR) is 84.6 cm³/mol. The summed E-state index contributed by atoms with van der Waals surface area (Å²) in [6, 6.07) is 6.57. The molecule has 2 N–H and O–H groups in total. The molecule has 0 radical (unpaired) electrons. The van der Waals surface area contributed by atoms with Crippen molar-refractivity contribution in [1.82, 2.24) is 20.8 Å². The van der Waals surface area contributed by atoms with Gasteiger partial charge in [0.05, 0.1) is 0 Å². The largest absolute Gasteiger partial charge is 0.338 e. The lowest BCUT2D eigenvalue weighted by Crippen LogP contribution is -2.37. The SMILES string of the molecule is CCCCNC(=O)NC(C)c1nc(-c2cccc(Cl)c2)no1. The highest BCUT2D eigenvalue weighted by Crippen LogP contribution is 2.21. The summed E-state index contributed by atoms with van der Waals surface area (Å²) in [4.78, 5) is 16.0. The third-order valence-corrected chi connectivity index (χ3v) is 3.29. The van der Waals surface area contributed by atoms with Crippen molar-refractivity contribution >= 4 is 17.6 Å². The molecule has 2 rings (SSSR count). The van der Waals surface area contributed by atoms with E-state index in [-0.39, 0.29) is 12.1 Å². The molecule has 0 spiro atoms. The molecule has 1 aromatic heterocycles. The summed E-state index contributed by atoms with van der Waals surface area (Å²) in [5.41, 5.74) is 0.766. The normalized spacial score (nSPS) is 12.0. The molecule has 0 aliphatic carbocycles. The molecular formula is C15H19ClN4O2. The zero-order valence-corrected chi connectivity index (χ0v) is 13.4. The van der Waals surface area contributed by atoms with Crippen LogP contribution in [0.15, 0.2) is 28.8 Å². The predicted octanol–water partition coefficient (Wildman–Crippen LogP) is 3.55. The average Bonchev–Trinajstić information content (AvgIpc) is 2.97. The van der Waals surface area contributed by atoms with Crippen LogP contribution in [0.25, 0.3) is 11.4 Å². The fourth-order valence-corrected chi connectivity index (χ4v) is 2.03. The summed E-state index contributed by atoms with van der Waals surface area (Å²) in [5, 5.41) is 10.0. The molecule has 0 saturated heterocycles. The van der Waals surface area contributed by atoms with Crippen LogP contribution in [-0.2, 0) is 0 Å². The summed E-state index contributed by atoms with van der Waals surface area (Å²) in [5.74, 6) is 0.790. The number of rotatable bonds is 6. The van der Waals surface area contributed by atoms with Crippen molar-refractivity contribution in [2.75, 3.05) is 6.54 Å². The van der Waals surface area contributed by atoms with Gasteiger partial charge in [0.2, 0.25) is 11.7 Å². The lowest BCUT2D eigenvalue weighted by atomic mass is 10.2. The zero-order valence-electron chi connectivity index (χ0n) is 12.6. The third-order valence-electron chi connectivity index (χ3n) is 3.06. The molecule has 0 fully saturated rings. The monoisotopic (exact) mass is 322 g/mol. The van der Waals surface area contributed by atoms with Crippen LogP contribution in [0.2, 0.25) is 5.02 Å². The summed E-state index contributed by atoms with van der Waals surface area (Å²) in [6.45, 7) is 4.50. The van der Waals surface area contributed by atoms with E-state index in [1.807, 2.05) is 12.1 Å². The number of halogens is 1. The van der Waals surface area contributed by atoms with Gasteiger partial charge >= 0.3 is 6.03 Å². The highest BCUT2D eigenvalue weighted by molar-refractivity contribution is 6.30. The standard InChI is InChI=1S/C15H19ClN4O2/c1-3-4-8-17-15(21)18-10(2)14-19-13(20-22-14)11-6-5-7-12(16)9-11/h5-7,9-10H,3-4,8H2,1-2H3,(H2,17,18,21). The van der Waals surface area contributed by atoms with Crippen molar-refractivity contribution in [3.8, 4) is 11.4 Å². The van der Waals surface area contributed by atoms with Gasteiger partial charge in [-0.1, -0.05) is 42.2 Å². The van der Waals surface area contributed by atoms with E-state index in [2.05, 4.69) is 27.7 Å². The van der Waals surface area contributed by atoms with Gasteiger partial charge in [0, 0.05) is 17.1 Å². The Hall–Kier alpha value is -2.08. The van der Waals surface area contributed by atoms with Crippen LogP contribution in [0.4, 0.5) is 4.79 Å². The Morgan fingerprint density at radius 3 is 3.00 bits per heavy atom. The first-order valence-electron chi connectivity index (χ1n) is 7.24. The molecule has 7 heteroatoms. The molecule has 2 aromatic rings. The van der Waals surface area contributed by atoms with Crippen LogP contribution < -0.4 is 10.6 Å². The fraction of sp³-hybridized carbons (Fsp3) is 0.400. The molecule has 22 heavy (non-hydrogen) atoms. The number of carbonyl (C=O) groups is 1.